The van der Waals surface area contributed by atoms with Gasteiger partial charge in [-0.3, -0.25) is 9.59 Å². The van der Waals surface area contributed by atoms with Gasteiger partial charge in [0, 0.05) is 24.2 Å². The van der Waals surface area contributed by atoms with Crippen molar-refractivity contribution in [3.05, 3.63) is 18.2 Å². The molecule has 0 spiro atoms. The Morgan fingerprint density at radius 3 is 2.62 bits per heavy atom. The zero-order chi connectivity index (χ0) is 17.9. The second kappa shape index (κ2) is 7.11. The molecular weight excluding hydrogens is 306 g/mol. The first-order chi connectivity index (χ1) is 11.2. The number of nitrogens with one attached hydrogen (secondary N) is 1. The maximum atomic E-state index is 12.5. The number of piperidine rings is 1. The lowest BCUT2D eigenvalue weighted by Crippen LogP contribution is -2.47. The van der Waals surface area contributed by atoms with Crippen molar-refractivity contribution >= 4 is 23.2 Å². The van der Waals surface area contributed by atoms with Gasteiger partial charge in [0.2, 0.25) is 11.8 Å². The number of nitrogen functional groups attached to an aromatic ring is 1. The van der Waals surface area contributed by atoms with E-state index in [1.54, 1.807) is 30.2 Å². The van der Waals surface area contributed by atoms with Gasteiger partial charge in [-0.05, 0) is 31.0 Å². The quantitative estimate of drug-likeness (QED) is 0.832. The predicted octanol–water partition coefficient (Wildman–Crippen LogP) is 2.50. The van der Waals surface area contributed by atoms with E-state index in [2.05, 4.69) is 5.32 Å². The Morgan fingerprint density at radius 1 is 1.33 bits per heavy atom. The number of hydrogen-bond donors (Lipinski definition) is 2. The Labute approximate surface area is 143 Å². The molecule has 2 amide bonds. The van der Waals surface area contributed by atoms with Gasteiger partial charge in [0.25, 0.3) is 0 Å². The van der Waals surface area contributed by atoms with Gasteiger partial charge in [-0.25, -0.2) is 0 Å². The topological polar surface area (TPSA) is 84.7 Å². The summed E-state index contributed by atoms with van der Waals surface area (Å²) in [5.41, 5.74) is 6.55. The molecule has 0 aromatic heterocycles. The summed E-state index contributed by atoms with van der Waals surface area (Å²) in [5, 5.41) is 2.89. The van der Waals surface area contributed by atoms with Gasteiger partial charge in [-0.15, -0.1) is 0 Å². The highest BCUT2D eigenvalue weighted by Gasteiger charge is 2.33. The number of amides is 2. The Morgan fingerprint density at radius 2 is 2.04 bits per heavy atom. The van der Waals surface area contributed by atoms with Gasteiger partial charge >= 0.3 is 0 Å². The lowest BCUT2D eigenvalue weighted by Gasteiger charge is -2.35. The van der Waals surface area contributed by atoms with Crippen LogP contribution >= 0.6 is 0 Å². The van der Waals surface area contributed by atoms with E-state index in [1.807, 2.05) is 20.8 Å². The average Bonchev–Trinajstić information content (AvgIpc) is 2.53. The molecule has 1 aliphatic rings. The molecule has 0 aliphatic carbocycles. The third-order valence-electron chi connectivity index (χ3n) is 4.22. The fourth-order valence-corrected chi connectivity index (χ4v) is 2.91. The Kier molecular flexibility index (Phi) is 5.36. The summed E-state index contributed by atoms with van der Waals surface area (Å²) in [6.45, 7) is 6.89. The van der Waals surface area contributed by atoms with Crippen LogP contribution in [-0.4, -0.2) is 36.9 Å². The minimum absolute atomic E-state index is 0.0778. The molecular formula is C18H27N3O3. The summed E-state index contributed by atoms with van der Waals surface area (Å²) in [7, 11) is 1.55. The molecule has 1 atom stereocenters. The second-order valence-corrected chi connectivity index (χ2v) is 7.29. The summed E-state index contributed by atoms with van der Waals surface area (Å²) in [4.78, 5) is 26.8. The molecule has 1 aromatic carbocycles. The number of benzene rings is 1. The summed E-state index contributed by atoms with van der Waals surface area (Å²) >= 11 is 0. The highest BCUT2D eigenvalue weighted by Crippen LogP contribution is 2.27. The molecule has 1 unspecified atom stereocenters. The van der Waals surface area contributed by atoms with Crippen LogP contribution < -0.4 is 15.8 Å². The molecule has 24 heavy (non-hydrogen) atoms. The van der Waals surface area contributed by atoms with Crippen LogP contribution in [0, 0.1) is 11.3 Å². The SMILES string of the molecule is COc1ccc(NC(=O)C2CCCN(C(=O)C(C)(C)C)C2)cc1N. The second-order valence-electron chi connectivity index (χ2n) is 7.29. The van der Waals surface area contributed by atoms with Crippen molar-refractivity contribution < 1.29 is 14.3 Å². The van der Waals surface area contributed by atoms with Crippen molar-refractivity contribution in [2.45, 2.75) is 33.6 Å². The van der Waals surface area contributed by atoms with Crippen molar-refractivity contribution in [3.8, 4) is 5.75 Å². The van der Waals surface area contributed by atoms with Gasteiger partial charge in [0.05, 0.1) is 18.7 Å². The molecule has 1 aliphatic heterocycles. The number of likely N-dealkylation sites (tertiary alicyclic amines) is 1. The standard InChI is InChI=1S/C18H27N3O3/c1-18(2,3)17(23)21-9-5-6-12(11-21)16(22)20-13-7-8-15(24-4)14(19)10-13/h7-8,10,12H,5-6,9,11,19H2,1-4H3,(H,20,22). The molecule has 0 radical (unpaired) electrons. The van der Waals surface area contributed by atoms with Gasteiger partial charge < -0.3 is 20.7 Å². The van der Waals surface area contributed by atoms with Crippen LogP contribution in [0.15, 0.2) is 18.2 Å². The number of carbonyl (C=O) groups is 2. The molecule has 132 valence electrons. The van der Waals surface area contributed by atoms with Crippen LogP contribution in [0.1, 0.15) is 33.6 Å². The average molecular weight is 333 g/mol. The first kappa shape index (κ1) is 18.1. The molecule has 0 saturated carbocycles. The van der Waals surface area contributed by atoms with Crippen LogP contribution in [0.3, 0.4) is 0 Å². The summed E-state index contributed by atoms with van der Waals surface area (Å²) < 4.78 is 5.11. The van der Waals surface area contributed by atoms with E-state index in [9.17, 15) is 9.59 Å². The van der Waals surface area contributed by atoms with E-state index in [1.165, 1.54) is 0 Å². The van der Waals surface area contributed by atoms with Crippen LogP contribution in [0.2, 0.25) is 0 Å². The van der Waals surface area contributed by atoms with E-state index < -0.39 is 5.41 Å². The molecule has 6 heteroatoms. The normalized spacial score (nSPS) is 18.2. The van der Waals surface area contributed by atoms with Crippen molar-refractivity contribution in [3.63, 3.8) is 0 Å². The number of ether oxygens (including phenoxy) is 1. The predicted molar refractivity (Wildman–Crippen MR) is 94.8 cm³/mol. The number of carbonyl (C=O) groups excluding carboxylic acids is 2. The van der Waals surface area contributed by atoms with Crippen molar-refractivity contribution in [1.82, 2.24) is 4.90 Å². The molecule has 6 nitrogen and oxygen atoms in total. The monoisotopic (exact) mass is 333 g/mol. The number of nitrogens with two attached hydrogens (primary N) is 1. The van der Waals surface area contributed by atoms with Crippen molar-refractivity contribution in [1.29, 1.82) is 0 Å². The number of rotatable bonds is 3. The molecule has 1 fully saturated rings. The highest BCUT2D eigenvalue weighted by molar-refractivity contribution is 5.94. The number of methoxy groups -OCH3 is 1. The van der Waals surface area contributed by atoms with Gasteiger partial charge in [-0.2, -0.15) is 0 Å². The molecule has 1 aromatic rings. The fraction of sp³-hybridized carbons (Fsp3) is 0.556. The molecule has 2 rings (SSSR count). The van der Waals surface area contributed by atoms with Crippen LogP contribution in [0.5, 0.6) is 5.75 Å². The zero-order valence-electron chi connectivity index (χ0n) is 14.9. The molecule has 1 saturated heterocycles. The number of anilines is 2. The van der Waals surface area contributed by atoms with E-state index >= 15 is 0 Å². The van der Waals surface area contributed by atoms with Gasteiger partial charge in [-0.1, -0.05) is 20.8 Å². The lowest BCUT2D eigenvalue weighted by molar-refractivity contribution is -0.142. The van der Waals surface area contributed by atoms with E-state index in [-0.39, 0.29) is 17.7 Å². The largest absolute Gasteiger partial charge is 0.495 e. The smallest absolute Gasteiger partial charge is 0.229 e. The summed E-state index contributed by atoms with van der Waals surface area (Å²) in [5.74, 6) is 0.389. The van der Waals surface area contributed by atoms with E-state index in [0.717, 1.165) is 19.4 Å². The van der Waals surface area contributed by atoms with E-state index in [4.69, 9.17) is 10.5 Å². The van der Waals surface area contributed by atoms with Crippen molar-refractivity contribution in [2.24, 2.45) is 11.3 Å². The first-order valence-electron chi connectivity index (χ1n) is 8.26. The third-order valence-corrected chi connectivity index (χ3v) is 4.22. The van der Waals surface area contributed by atoms with Gasteiger partial charge in [0.1, 0.15) is 5.75 Å². The highest BCUT2D eigenvalue weighted by atomic mass is 16.5. The summed E-state index contributed by atoms with van der Waals surface area (Å²) in [6.07, 6.45) is 1.62. The minimum Gasteiger partial charge on any atom is -0.495 e. The van der Waals surface area contributed by atoms with Crippen LogP contribution in [0.4, 0.5) is 11.4 Å². The zero-order valence-corrected chi connectivity index (χ0v) is 14.9. The molecule has 0 bridgehead atoms. The van der Waals surface area contributed by atoms with Gasteiger partial charge in [0.15, 0.2) is 0 Å². The Hall–Kier alpha value is -2.24. The maximum absolute atomic E-state index is 12.5. The number of nitrogens with zero attached hydrogens (tertiary/aromatic N) is 1. The molecule has 1 heterocycles. The van der Waals surface area contributed by atoms with E-state index in [0.29, 0.717) is 23.7 Å². The van der Waals surface area contributed by atoms with Crippen molar-refractivity contribution in [2.75, 3.05) is 31.2 Å². The number of hydrogen-bond acceptors (Lipinski definition) is 4. The maximum Gasteiger partial charge on any atom is 0.229 e. The van der Waals surface area contributed by atoms with Crippen LogP contribution in [-0.2, 0) is 9.59 Å². The molecule has 3 N–H and O–H groups in total. The Balaban J connectivity index is 2.02. The minimum atomic E-state index is -0.428. The Bertz CT molecular complexity index is 622. The van der Waals surface area contributed by atoms with Crippen LogP contribution in [0.25, 0.3) is 0 Å². The third kappa shape index (κ3) is 4.19. The first-order valence-corrected chi connectivity index (χ1v) is 8.26. The lowest BCUT2D eigenvalue weighted by atomic mass is 9.91. The summed E-state index contributed by atoms with van der Waals surface area (Å²) in [6, 6.07) is 5.16. The fourth-order valence-electron chi connectivity index (χ4n) is 2.91.